The average Bonchev–Trinajstić information content (AvgIpc) is 3.10. The highest BCUT2D eigenvalue weighted by Gasteiger charge is 2.18. The summed E-state index contributed by atoms with van der Waals surface area (Å²) in [7, 11) is 0. The molecule has 6 heteroatoms. The number of aliphatic hydroxyl groups is 1. The van der Waals surface area contributed by atoms with Gasteiger partial charge in [-0.15, -0.1) is 0 Å². The Morgan fingerprint density at radius 1 is 1.15 bits per heavy atom. The molecule has 0 amide bonds. The number of rotatable bonds is 7. The molecule has 6 nitrogen and oxygen atoms in total. The lowest BCUT2D eigenvalue weighted by molar-refractivity contribution is 0.101. The monoisotopic (exact) mass is 351 g/mol. The van der Waals surface area contributed by atoms with Gasteiger partial charge < -0.3 is 9.84 Å². The van der Waals surface area contributed by atoms with E-state index in [4.69, 9.17) is 4.74 Å². The van der Waals surface area contributed by atoms with Gasteiger partial charge in [0.25, 0.3) is 0 Å². The molecule has 1 atom stereocenters. The van der Waals surface area contributed by atoms with E-state index in [0.717, 1.165) is 5.56 Å². The Bertz CT molecular complexity index is 873. The zero-order valence-corrected chi connectivity index (χ0v) is 14.8. The first-order chi connectivity index (χ1) is 12.6. The lowest BCUT2D eigenvalue weighted by Crippen LogP contribution is -2.07. The minimum Gasteiger partial charge on any atom is -0.486 e. The number of nitrogens with zero attached hydrogens (tertiary/aromatic N) is 3. The fourth-order valence-corrected chi connectivity index (χ4v) is 2.59. The Morgan fingerprint density at radius 3 is 2.46 bits per heavy atom. The van der Waals surface area contributed by atoms with E-state index >= 15 is 0 Å². The Hall–Kier alpha value is -2.99. The molecular formula is C20H21N3O3. The van der Waals surface area contributed by atoms with Crippen molar-refractivity contribution in [3.05, 3.63) is 77.4 Å². The third kappa shape index (κ3) is 3.97. The number of hydrogen-bond donors (Lipinski definition) is 1. The van der Waals surface area contributed by atoms with Gasteiger partial charge in [0.05, 0.1) is 0 Å². The first-order valence-electron chi connectivity index (χ1n) is 8.49. The number of aryl methyl sites for hydroxylation is 1. The minimum atomic E-state index is -0.877. The van der Waals surface area contributed by atoms with Crippen molar-refractivity contribution in [2.45, 2.75) is 33.1 Å². The van der Waals surface area contributed by atoms with Gasteiger partial charge in [0.1, 0.15) is 18.5 Å². The van der Waals surface area contributed by atoms with E-state index in [1.54, 1.807) is 28.9 Å². The van der Waals surface area contributed by atoms with Gasteiger partial charge in [-0.25, -0.2) is 9.67 Å². The average molecular weight is 351 g/mol. The molecule has 1 heterocycles. The van der Waals surface area contributed by atoms with Crippen molar-refractivity contribution in [2.75, 3.05) is 0 Å². The smallest absolute Gasteiger partial charge is 0.184 e. The molecule has 0 saturated carbocycles. The third-order valence-corrected chi connectivity index (χ3v) is 4.05. The second-order valence-electron chi connectivity index (χ2n) is 5.88. The normalized spacial score (nSPS) is 12.0. The highest BCUT2D eigenvalue weighted by atomic mass is 16.5. The molecule has 0 aliphatic heterocycles. The van der Waals surface area contributed by atoms with Gasteiger partial charge in [0.2, 0.25) is 0 Å². The summed E-state index contributed by atoms with van der Waals surface area (Å²) in [5.74, 6) is 1.64. The van der Waals surface area contributed by atoms with Crippen LogP contribution in [-0.2, 0) is 13.2 Å². The summed E-state index contributed by atoms with van der Waals surface area (Å²) in [6.45, 7) is 4.33. The molecule has 1 N–H and O–H groups in total. The minimum absolute atomic E-state index is 0.0156. The summed E-state index contributed by atoms with van der Waals surface area (Å²) >= 11 is 0. The van der Waals surface area contributed by atoms with Crippen molar-refractivity contribution < 1.29 is 14.6 Å². The Kier molecular flexibility index (Phi) is 5.43. The second kappa shape index (κ2) is 7.93. The van der Waals surface area contributed by atoms with Crippen molar-refractivity contribution in [1.29, 1.82) is 0 Å². The van der Waals surface area contributed by atoms with Crippen LogP contribution in [0.15, 0.2) is 54.6 Å². The van der Waals surface area contributed by atoms with Crippen LogP contribution in [0, 0.1) is 0 Å². The molecule has 0 spiro atoms. The highest BCUT2D eigenvalue weighted by molar-refractivity contribution is 5.94. The summed E-state index contributed by atoms with van der Waals surface area (Å²) in [5, 5.41) is 14.9. The standard InChI is InChI=1S/C20H21N3O3/c1-3-23-18(13-26-17-11-9-15(10-12-17)14(2)24)21-20(22-23)19(25)16-7-5-4-6-8-16/h4-12,19,25H,3,13H2,1-2H3. The molecule has 1 unspecified atom stereocenters. The van der Waals surface area contributed by atoms with Gasteiger partial charge in [-0.1, -0.05) is 30.3 Å². The van der Waals surface area contributed by atoms with Gasteiger partial charge in [-0.05, 0) is 43.7 Å². The predicted octanol–water partition coefficient (Wildman–Crippen LogP) is 3.16. The summed E-state index contributed by atoms with van der Waals surface area (Å²) < 4.78 is 7.47. The Morgan fingerprint density at radius 2 is 1.85 bits per heavy atom. The number of carbonyl (C=O) groups excluding carboxylic acids is 1. The predicted molar refractivity (Wildman–Crippen MR) is 97.0 cm³/mol. The summed E-state index contributed by atoms with van der Waals surface area (Å²) in [6, 6.07) is 16.3. The number of benzene rings is 2. The van der Waals surface area contributed by atoms with E-state index in [0.29, 0.717) is 29.5 Å². The molecule has 26 heavy (non-hydrogen) atoms. The SMILES string of the molecule is CCn1nc(C(O)c2ccccc2)nc1COc1ccc(C(C)=O)cc1. The molecule has 2 aromatic carbocycles. The lowest BCUT2D eigenvalue weighted by atomic mass is 10.1. The number of hydrogen-bond acceptors (Lipinski definition) is 5. The molecule has 0 radical (unpaired) electrons. The highest BCUT2D eigenvalue weighted by Crippen LogP contribution is 2.20. The fraction of sp³-hybridized carbons (Fsp3) is 0.250. The van der Waals surface area contributed by atoms with Crippen molar-refractivity contribution in [2.24, 2.45) is 0 Å². The third-order valence-electron chi connectivity index (χ3n) is 4.05. The van der Waals surface area contributed by atoms with Crippen LogP contribution in [0.1, 0.15) is 47.5 Å². The number of Topliss-reactive ketones (excluding diaryl/α,β-unsaturated/α-hetero) is 1. The Balaban J connectivity index is 1.73. The molecular weight excluding hydrogens is 330 g/mol. The maximum atomic E-state index is 11.3. The van der Waals surface area contributed by atoms with Crippen molar-refractivity contribution in [3.63, 3.8) is 0 Å². The molecule has 1 aromatic heterocycles. The van der Waals surface area contributed by atoms with Crippen LogP contribution < -0.4 is 4.74 Å². The quantitative estimate of drug-likeness (QED) is 0.662. The maximum absolute atomic E-state index is 11.3. The van der Waals surface area contributed by atoms with Crippen molar-refractivity contribution in [3.8, 4) is 5.75 Å². The molecule has 0 bridgehead atoms. The number of carbonyl (C=O) groups is 1. The van der Waals surface area contributed by atoms with E-state index in [-0.39, 0.29) is 12.4 Å². The van der Waals surface area contributed by atoms with Crippen LogP contribution in [-0.4, -0.2) is 25.7 Å². The van der Waals surface area contributed by atoms with Gasteiger partial charge >= 0.3 is 0 Å². The molecule has 0 fully saturated rings. The van der Waals surface area contributed by atoms with Crippen LogP contribution in [0.3, 0.4) is 0 Å². The summed E-state index contributed by atoms with van der Waals surface area (Å²) in [6.07, 6.45) is -0.877. The van der Waals surface area contributed by atoms with Gasteiger partial charge in [-0.2, -0.15) is 5.10 Å². The van der Waals surface area contributed by atoms with Crippen LogP contribution in [0.4, 0.5) is 0 Å². The van der Waals surface area contributed by atoms with Crippen LogP contribution in [0.2, 0.25) is 0 Å². The maximum Gasteiger partial charge on any atom is 0.184 e. The zero-order valence-electron chi connectivity index (χ0n) is 14.8. The lowest BCUT2D eigenvalue weighted by Gasteiger charge is -2.06. The largest absolute Gasteiger partial charge is 0.486 e. The molecule has 0 saturated heterocycles. The summed E-state index contributed by atoms with van der Waals surface area (Å²) in [5.41, 5.74) is 1.38. The molecule has 0 aliphatic carbocycles. The fourth-order valence-electron chi connectivity index (χ4n) is 2.59. The van der Waals surface area contributed by atoms with E-state index in [2.05, 4.69) is 10.1 Å². The van der Waals surface area contributed by atoms with Crippen LogP contribution >= 0.6 is 0 Å². The van der Waals surface area contributed by atoms with Crippen LogP contribution in [0.25, 0.3) is 0 Å². The number of ketones is 1. The molecule has 3 aromatic rings. The van der Waals surface area contributed by atoms with Crippen LogP contribution in [0.5, 0.6) is 5.75 Å². The number of aliphatic hydroxyl groups excluding tert-OH is 1. The van der Waals surface area contributed by atoms with E-state index in [1.807, 2.05) is 37.3 Å². The van der Waals surface area contributed by atoms with E-state index in [1.165, 1.54) is 6.92 Å². The molecule has 134 valence electrons. The van der Waals surface area contributed by atoms with Gasteiger partial charge in [0.15, 0.2) is 17.4 Å². The molecule has 0 aliphatic rings. The van der Waals surface area contributed by atoms with Crippen molar-refractivity contribution >= 4 is 5.78 Å². The second-order valence-corrected chi connectivity index (χ2v) is 5.88. The van der Waals surface area contributed by atoms with Crippen molar-refractivity contribution in [1.82, 2.24) is 14.8 Å². The molecule has 3 rings (SSSR count). The van der Waals surface area contributed by atoms with E-state index < -0.39 is 6.10 Å². The summed E-state index contributed by atoms with van der Waals surface area (Å²) in [4.78, 5) is 15.8. The topological polar surface area (TPSA) is 77.2 Å². The first kappa shape index (κ1) is 17.8. The number of aromatic nitrogens is 3. The number of ether oxygens (including phenoxy) is 1. The zero-order chi connectivity index (χ0) is 18.5. The first-order valence-corrected chi connectivity index (χ1v) is 8.49. The van der Waals surface area contributed by atoms with Gasteiger partial charge in [-0.3, -0.25) is 4.79 Å². The van der Waals surface area contributed by atoms with E-state index in [9.17, 15) is 9.90 Å². The Labute approximate surface area is 152 Å². The van der Waals surface area contributed by atoms with Gasteiger partial charge in [0, 0.05) is 12.1 Å².